The van der Waals surface area contributed by atoms with E-state index in [1.807, 2.05) is 71.8 Å². The Morgan fingerprint density at radius 1 is 1.00 bits per heavy atom. The molecule has 3 aromatic heterocycles. The second kappa shape index (κ2) is 8.14. The quantitative estimate of drug-likeness (QED) is 0.551. The second-order valence-corrected chi connectivity index (χ2v) is 7.01. The predicted octanol–water partition coefficient (Wildman–Crippen LogP) is 3.66. The van der Waals surface area contributed by atoms with Gasteiger partial charge in [-0.25, -0.2) is 4.98 Å². The number of nitrogens with one attached hydrogen (secondary N) is 1. The number of benzene rings is 1. The number of pyridine rings is 1. The van der Waals surface area contributed by atoms with Gasteiger partial charge in [0.1, 0.15) is 5.82 Å². The van der Waals surface area contributed by atoms with Crippen LogP contribution in [0.25, 0.3) is 5.82 Å². The Bertz CT molecular complexity index is 1100. The van der Waals surface area contributed by atoms with Crippen molar-refractivity contribution in [2.24, 2.45) is 0 Å². The molecule has 146 valence electrons. The minimum absolute atomic E-state index is 0.0825. The van der Waals surface area contributed by atoms with Gasteiger partial charge in [0, 0.05) is 36.5 Å². The van der Waals surface area contributed by atoms with Crippen molar-refractivity contribution in [2.45, 2.75) is 26.9 Å². The van der Waals surface area contributed by atoms with Crippen molar-refractivity contribution in [2.75, 3.05) is 0 Å². The van der Waals surface area contributed by atoms with Crippen molar-refractivity contribution < 1.29 is 4.79 Å². The highest BCUT2D eigenvalue weighted by atomic mass is 16.1. The zero-order chi connectivity index (χ0) is 20.2. The van der Waals surface area contributed by atoms with Crippen molar-refractivity contribution in [1.29, 1.82) is 0 Å². The van der Waals surface area contributed by atoms with E-state index >= 15 is 0 Å². The maximum atomic E-state index is 12.8. The summed E-state index contributed by atoms with van der Waals surface area (Å²) in [6.45, 7) is 5.14. The third-order valence-corrected chi connectivity index (χ3v) is 4.93. The van der Waals surface area contributed by atoms with E-state index in [0.717, 1.165) is 29.3 Å². The van der Waals surface area contributed by atoms with Gasteiger partial charge in [0.15, 0.2) is 0 Å². The van der Waals surface area contributed by atoms with Gasteiger partial charge in [-0.2, -0.15) is 5.10 Å². The first-order valence-electron chi connectivity index (χ1n) is 9.55. The highest BCUT2D eigenvalue weighted by Gasteiger charge is 2.16. The Morgan fingerprint density at radius 3 is 2.48 bits per heavy atom. The van der Waals surface area contributed by atoms with E-state index in [1.165, 1.54) is 5.56 Å². The van der Waals surface area contributed by atoms with Gasteiger partial charge < -0.3 is 9.88 Å². The molecule has 29 heavy (non-hydrogen) atoms. The van der Waals surface area contributed by atoms with Crippen LogP contribution in [0.15, 0.2) is 73.2 Å². The summed E-state index contributed by atoms with van der Waals surface area (Å²) in [5.74, 6) is 0.732. The lowest BCUT2D eigenvalue weighted by atomic mass is 10.1. The van der Waals surface area contributed by atoms with Crippen LogP contribution in [0.5, 0.6) is 0 Å². The number of amides is 1. The molecule has 0 unspecified atom stereocenters. The lowest BCUT2D eigenvalue weighted by Gasteiger charge is -2.09. The third-order valence-electron chi connectivity index (χ3n) is 4.93. The molecule has 0 radical (unpaired) electrons. The molecule has 0 aliphatic rings. The molecule has 6 nitrogen and oxygen atoms in total. The number of aryl methyl sites for hydroxylation is 1. The Kier molecular flexibility index (Phi) is 5.24. The first-order valence-corrected chi connectivity index (χ1v) is 9.55. The van der Waals surface area contributed by atoms with E-state index in [4.69, 9.17) is 0 Å². The molecule has 0 spiro atoms. The number of hydrogen-bond acceptors (Lipinski definition) is 3. The van der Waals surface area contributed by atoms with E-state index in [-0.39, 0.29) is 5.91 Å². The summed E-state index contributed by atoms with van der Waals surface area (Å²) >= 11 is 0. The Morgan fingerprint density at radius 2 is 1.79 bits per heavy atom. The number of hydrogen-bond donors (Lipinski definition) is 1. The van der Waals surface area contributed by atoms with Crippen molar-refractivity contribution in [3.63, 3.8) is 0 Å². The summed E-state index contributed by atoms with van der Waals surface area (Å²) in [6, 6.07) is 17.8. The zero-order valence-corrected chi connectivity index (χ0v) is 16.5. The fourth-order valence-corrected chi connectivity index (χ4v) is 3.45. The summed E-state index contributed by atoms with van der Waals surface area (Å²) in [6.07, 6.45) is 5.47. The number of nitrogens with zero attached hydrogens (tertiary/aromatic N) is 4. The molecule has 6 heteroatoms. The maximum Gasteiger partial charge on any atom is 0.253 e. The summed E-state index contributed by atoms with van der Waals surface area (Å²) in [4.78, 5) is 17.2. The van der Waals surface area contributed by atoms with Crippen LogP contribution in [0.4, 0.5) is 0 Å². The summed E-state index contributed by atoms with van der Waals surface area (Å²) in [7, 11) is 0. The Labute approximate surface area is 169 Å². The van der Waals surface area contributed by atoms with Gasteiger partial charge in [0.2, 0.25) is 0 Å². The summed E-state index contributed by atoms with van der Waals surface area (Å²) in [5.41, 5.74) is 4.76. The molecule has 4 aromatic rings. The van der Waals surface area contributed by atoms with E-state index in [9.17, 15) is 4.79 Å². The molecule has 1 N–H and O–H groups in total. The average molecular weight is 385 g/mol. The lowest BCUT2D eigenvalue weighted by Crippen LogP contribution is -2.23. The zero-order valence-electron chi connectivity index (χ0n) is 16.5. The predicted molar refractivity (Wildman–Crippen MR) is 112 cm³/mol. The minimum atomic E-state index is -0.0825. The van der Waals surface area contributed by atoms with Gasteiger partial charge in [-0.1, -0.05) is 30.3 Å². The molecule has 0 saturated heterocycles. The van der Waals surface area contributed by atoms with Gasteiger partial charge in [0.25, 0.3) is 5.91 Å². The molecule has 0 aliphatic carbocycles. The molecule has 0 aliphatic heterocycles. The van der Waals surface area contributed by atoms with Gasteiger partial charge in [-0.3, -0.25) is 9.48 Å². The van der Waals surface area contributed by atoms with Crippen LogP contribution in [0.3, 0.4) is 0 Å². The molecule has 1 aromatic carbocycles. The second-order valence-electron chi connectivity index (χ2n) is 7.01. The molecule has 0 saturated carbocycles. The molecule has 3 heterocycles. The van der Waals surface area contributed by atoms with Crippen molar-refractivity contribution in [3.8, 4) is 5.82 Å². The number of carbonyl (C=O) groups is 1. The van der Waals surface area contributed by atoms with Crippen LogP contribution in [0.1, 0.15) is 32.9 Å². The largest absolute Gasteiger partial charge is 0.348 e. The maximum absolute atomic E-state index is 12.8. The average Bonchev–Trinajstić information content (AvgIpc) is 3.35. The standard InChI is InChI=1S/C23H23N5O/c1-17-14-21(18(2)28(17)22-6-3-4-11-24-22)23(29)25-15-19-7-9-20(10-8-19)16-27-13-5-12-26-27/h3-14H,15-16H2,1-2H3,(H,25,29). The Balaban J connectivity index is 1.42. The van der Waals surface area contributed by atoms with Crippen LogP contribution >= 0.6 is 0 Å². The first-order chi connectivity index (χ1) is 14.1. The smallest absolute Gasteiger partial charge is 0.253 e. The van der Waals surface area contributed by atoms with Crippen LogP contribution < -0.4 is 5.32 Å². The van der Waals surface area contributed by atoms with Crippen LogP contribution in [-0.2, 0) is 13.1 Å². The molecule has 0 bridgehead atoms. The van der Waals surface area contributed by atoms with Gasteiger partial charge >= 0.3 is 0 Å². The highest BCUT2D eigenvalue weighted by Crippen LogP contribution is 2.19. The summed E-state index contributed by atoms with van der Waals surface area (Å²) < 4.78 is 3.88. The van der Waals surface area contributed by atoms with E-state index in [1.54, 1.807) is 12.4 Å². The Hall–Kier alpha value is -3.67. The van der Waals surface area contributed by atoms with Gasteiger partial charge in [-0.15, -0.1) is 0 Å². The monoisotopic (exact) mass is 385 g/mol. The van der Waals surface area contributed by atoms with E-state index in [2.05, 4.69) is 27.5 Å². The molecule has 0 atom stereocenters. The molecular weight excluding hydrogens is 362 g/mol. The topological polar surface area (TPSA) is 64.7 Å². The van der Waals surface area contributed by atoms with Gasteiger partial charge in [0.05, 0.1) is 12.1 Å². The summed E-state index contributed by atoms with van der Waals surface area (Å²) in [5, 5.41) is 7.24. The van der Waals surface area contributed by atoms with Crippen molar-refractivity contribution in [3.05, 3.63) is 101 Å². The van der Waals surface area contributed by atoms with Crippen LogP contribution in [-0.4, -0.2) is 25.2 Å². The minimum Gasteiger partial charge on any atom is -0.348 e. The SMILES string of the molecule is Cc1cc(C(=O)NCc2ccc(Cn3cccn3)cc2)c(C)n1-c1ccccn1. The fraction of sp³-hybridized carbons (Fsp3) is 0.174. The first kappa shape index (κ1) is 18.7. The van der Waals surface area contributed by atoms with Crippen molar-refractivity contribution >= 4 is 5.91 Å². The number of rotatable bonds is 6. The molecule has 0 fully saturated rings. The van der Waals surface area contributed by atoms with Crippen LogP contribution in [0, 0.1) is 13.8 Å². The van der Waals surface area contributed by atoms with Crippen molar-refractivity contribution in [1.82, 2.24) is 24.6 Å². The fourth-order valence-electron chi connectivity index (χ4n) is 3.45. The normalized spacial score (nSPS) is 10.8. The number of carbonyl (C=O) groups excluding carboxylic acids is 1. The molecular formula is C23H23N5O. The lowest BCUT2D eigenvalue weighted by molar-refractivity contribution is 0.0950. The number of aromatic nitrogens is 4. The molecule has 4 rings (SSSR count). The van der Waals surface area contributed by atoms with Crippen LogP contribution in [0.2, 0.25) is 0 Å². The van der Waals surface area contributed by atoms with E-state index < -0.39 is 0 Å². The molecule has 1 amide bonds. The van der Waals surface area contributed by atoms with Gasteiger partial charge in [-0.05, 0) is 49.2 Å². The third kappa shape index (κ3) is 4.11. The van der Waals surface area contributed by atoms with E-state index in [0.29, 0.717) is 12.1 Å². The highest BCUT2D eigenvalue weighted by molar-refractivity contribution is 5.95.